The highest BCUT2D eigenvalue weighted by Crippen LogP contribution is 2.73. The molecule has 1 aromatic carbocycles. The zero-order valence-corrected chi connectivity index (χ0v) is 12.7. The number of benzene rings is 1. The number of aryl methyl sites for hydroxylation is 1. The van der Waals surface area contributed by atoms with Crippen molar-refractivity contribution in [2.75, 3.05) is 7.05 Å². The smallest absolute Gasteiger partial charge is 0.133 e. The first-order chi connectivity index (χ1) is 10.1. The minimum atomic E-state index is 0.158. The van der Waals surface area contributed by atoms with Crippen molar-refractivity contribution in [3.8, 4) is 5.75 Å². The third-order valence-electron chi connectivity index (χ3n) is 6.93. The van der Waals surface area contributed by atoms with Crippen LogP contribution in [0, 0.1) is 6.92 Å². The largest absolute Gasteiger partial charge is 0.484 e. The topological polar surface area (TPSA) is 12.2 Å². The quantitative estimate of drug-likeness (QED) is 0.676. The molecule has 2 nitrogen and oxygen atoms in total. The van der Waals surface area contributed by atoms with E-state index in [1.807, 2.05) is 0 Å². The molecule has 2 bridgehead atoms. The minimum absolute atomic E-state index is 0.158. The summed E-state index contributed by atoms with van der Waals surface area (Å²) in [5, 5.41) is 0. The van der Waals surface area contributed by atoms with Crippen LogP contribution in [-0.2, 0) is 11.8 Å². The van der Waals surface area contributed by atoms with Gasteiger partial charge in [-0.25, -0.2) is 0 Å². The van der Waals surface area contributed by atoms with Crippen molar-refractivity contribution < 1.29 is 4.74 Å². The van der Waals surface area contributed by atoms with Gasteiger partial charge in [-0.05, 0) is 56.0 Å². The number of ether oxygens (including phenoxy) is 1. The van der Waals surface area contributed by atoms with E-state index in [1.165, 1.54) is 40.9 Å². The summed E-state index contributed by atoms with van der Waals surface area (Å²) in [7, 11) is 2.30. The van der Waals surface area contributed by atoms with Crippen LogP contribution in [0.2, 0.25) is 0 Å². The SMILES string of the molecule is CC1=CC=C2[C@@H]3N(C)C34Cc3ccc(C)c5c3[C@@]2(C4)C1O5. The van der Waals surface area contributed by atoms with Gasteiger partial charge in [-0.1, -0.05) is 24.3 Å². The average Bonchev–Trinajstić information content (AvgIpc) is 2.82. The molecule has 2 heteroatoms. The molecule has 0 N–H and O–H groups in total. The van der Waals surface area contributed by atoms with Crippen LogP contribution in [0.15, 0.2) is 35.4 Å². The summed E-state index contributed by atoms with van der Waals surface area (Å²) in [5.74, 6) is 1.19. The van der Waals surface area contributed by atoms with Gasteiger partial charge in [0, 0.05) is 11.1 Å². The highest BCUT2D eigenvalue weighted by atomic mass is 16.5. The van der Waals surface area contributed by atoms with E-state index in [0.29, 0.717) is 11.6 Å². The van der Waals surface area contributed by atoms with Crippen molar-refractivity contribution in [2.45, 2.75) is 49.8 Å². The van der Waals surface area contributed by atoms with Crippen molar-refractivity contribution >= 4 is 0 Å². The molecule has 0 radical (unpaired) electrons. The van der Waals surface area contributed by atoms with Crippen LogP contribution in [0.1, 0.15) is 30.0 Å². The van der Waals surface area contributed by atoms with Gasteiger partial charge in [0.15, 0.2) is 0 Å². The molecule has 106 valence electrons. The second-order valence-corrected chi connectivity index (χ2v) is 7.72. The molecule has 5 aliphatic rings. The predicted molar refractivity (Wildman–Crippen MR) is 81.7 cm³/mol. The van der Waals surface area contributed by atoms with E-state index in [1.54, 1.807) is 5.57 Å². The number of fused-ring (bicyclic) bond motifs is 1. The summed E-state index contributed by atoms with van der Waals surface area (Å²) in [6, 6.07) is 5.26. The van der Waals surface area contributed by atoms with Gasteiger partial charge < -0.3 is 4.74 Å². The summed E-state index contributed by atoms with van der Waals surface area (Å²) in [4.78, 5) is 2.59. The van der Waals surface area contributed by atoms with Crippen LogP contribution in [0.25, 0.3) is 0 Å². The molecule has 21 heavy (non-hydrogen) atoms. The van der Waals surface area contributed by atoms with Gasteiger partial charge in [0.25, 0.3) is 0 Å². The zero-order chi connectivity index (χ0) is 14.1. The molecule has 1 aromatic rings. The summed E-state index contributed by atoms with van der Waals surface area (Å²) in [6.07, 6.45) is 7.41. The maximum absolute atomic E-state index is 6.54. The first kappa shape index (κ1) is 11.1. The van der Waals surface area contributed by atoms with Gasteiger partial charge in [-0.3, -0.25) is 4.90 Å². The highest BCUT2D eigenvalue weighted by molar-refractivity contribution is 5.71. The Morgan fingerprint density at radius 3 is 2.95 bits per heavy atom. The van der Waals surface area contributed by atoms with E-state index >= 15 is 0 Å². The molecule has 2 heterocycles. The number of allylic oxidation sites excluding steroid dienone is 2. The molecule has 6 rings (SSSR count). The van der Waals surface area contributed by atoms with E-state index in [0.717, 1.165) is 0 Å². The van der Waals surface area contributed by atoms with E-state index in [-0.39, 0.29) is 11.5 Å². The van der Waals surface area contributed by atoms with Gasteiger partial charge in [0.1, 0.15) is 11.9 Å². The summed E-state index contributed by atoms with van der Waals surface area (Å²) in [6.45, 7) is 4.43. The van der Waals surface area contributed by atoms with E-state index in [2.05, 4.69) is 50.1 Å². The summed E-state index contributed by atoms with van der Waals surface area (Å²) >= 11 is 0. The van der Waals surface area contributed by atoms with Gasteiger partial charge in [-0.2, -0.15) is 0 Å². The van der Waals surface area contributed by atoms with Crippen LogP contribution in [-0.4, -0.2) is 29.6 Å². The molecule has 3 unspecified atom stereocenters. The molecular weight excluding hydrogens is 258 g/mol. The number of piperidine rings is 1. The minimum Gasteiger partial charge on any atom is -0.484 e. The van der Waals surface area contributed by atoms with Crippen LogP contribution in [0.5, 0.6) is 5.75 Å². The van der Waals surface area contributed by atoms with Crippen molar-refractivity contribution in [1.82, 2.24) is 4.90 Å². The maximum Gasteiger partial charge on any atom is 0.133 e. The molecule has 0 aromatic heterocycles. The lowest BCUT2D eigenvalue weighted by Crippen LogP contribution is -2.46. The standard InChI is InChI=1S/C19H19NO/c1-10-4-6-12-8-18-9-19-13(16(18)20(18)3)7-5-11(2)17(19)21-15(10)14(12)19/h4-7,16-17H,8-9H2,1-3H3/t16-,17?,18?,19-,20?/m0/s1. The monoisotopic (exact) mass is 277 g/mol. The molecular formula is C19H19NO. The van der Waals surface area contributed by atoms with Crippen LogP contribution < -0.4 is 4.74 Å². The molecule has 0 amide bonds. The third-order valence-corrected chi connectivity index (χ3v) is 6.93. The number of rotatable bonds is 0. The maximum atomic E-state index is 6.54. The van der Waals surface area contributed by atoms with Crippen molar-refractivity contribution in [3.05, 3.63) is 52.1 Å². The lowest BCUT2D eigenvalue weighted by Gasteiger charge is -2.41. The molecule has 1 saturated heterocycles. The molecule has 3 aliphatic carbocycles. The number of likely N-dealkylation sites (tertiary alicyclic amines) is 1. The van der Waals surface area contributed by atoms with Gasteiger partial charge >= 0.3 is 0 Å². The van der Waals surface area contributed by atoms with Crippen molar-refractivity contribution in [2.24, 2.45) is 0 Å². The fourth-order valence-electron chi connectivity index (χ4n) is 6.06. The third kappa shape index (κ3) is 0.878. The molecule has 5 atom stereocenters. The molecule has 2 aliphatic heterocycles. The Morgan fingerprint density at radius 1 is 1.24 bits per heavy atom. The van der Waals surface area contributed by atoms with Crippen LogP contribution in [0.4, 0.5) is 0 Å². The summed E-state index contributed by atoms with van der Waals surface area (Å²) < 4.78 is 6.54. The van der Waals surface area contributed by atoms with Crippen LogP contribution in [0.3, 0.4) is 0 Å². The Kier molecular flexibility index (Phi) is 1.50. The number of likely N-dealkylation sites (N-methyl/N-ethyl adjacent to an activating group) is 1. The number of nitrogens with zero attached hydrogens (tertiary/aromatic N) is 1. The molecule has 2 spiro atoms. The Morgan fingerprint density at radius 2 is 2.10 bits per heavy atom. The Bertz CT molecular complexity index is 804. The second-order valence-electron chi connectivity index (χ2n) is 7.72. The first-order valence-corrected chi connectivity index (χ1v) is 8.01. The first-order valence-electron chi connectivity index (χ1n) is 8.01. The fraction of sp³-hybridized carbons (Fsp3) is 0.474. The van der Waals surface area contributed by atoms with Crippen molar-refractivity contribution in [3.63, 3.8) is 0 Å². The fourth-order valence-corrected chi connectivity index (χ4v) is 6.06. The summed E-state index contributed by atoms with van der Waals surface area (Å²) in [5.41, 5.74) is 7.94. The highest BCUT2D eigenvalue weighted by Gasteiger charge is 2.78. The lowest BCUT2D eigenvalue weighted by atomic mass is 9.63. The van der Waals surface area contributed by atoms with Gasteiger partial charge in [0.05, 0.1) is 11.5 Å². The number of hydrogen-bond acceptors (Lipinski definition) is 2. The second kappa shape index (κ2) is 2.85. The Labute approximate surface area is 125 Å². The van der Waals surface area contributed by atoms with E-state index in [9.17, 15) is 0 Å². The number of hydrogen-bond donors (Lipinski definition) is 0. The molecule has 2 fully saturated rings. The van der Waals surface area contributed by atoms with Crippen molar-refractivity contribution in [1.29, 1.82) is 0 Å². The Hall–Kier alpha value is -1.54. The predicted octanol–water partition coefficient (Wildman–Crippen LogP) is 2.89. The zero-order valence-electron chi connectivity index (χ0n) is 12.7. The van der Waals surface area contributed by atoms with Gasteiger partial charge in [-0.15, -0.1) is 0 Å². The lowest BCUT2D eigenvalue weighted by molar-refractivity contribution is 0.173. The average molecular weight is 277 g/mol. The van der Waals surface area contributed by atoms with Gasteiger partial charge in [0.2, 0.25) is 0 Å². The van der Waals surface area contributed by atoms with E-state index in [4.69, 9.17) is 4.74 Å². The van der Waals surface area contributed by atoms with E-state index < -0.39 is 0 Å². The normalized spacial score (nSPS) is 46.3. The molecule has 1 saturated carbocycles. The van der Waals surface area contributed by atoms with Crippen LogP contribution >= 0.6 is 0 Å². The Balaban J connectivity index is 1.76.